The molecule has 0 aliphatic heterocycles. The number of benzene rings is 1. The monoisotopic (exact) mass is 375 g/mol. The molecule has 1 aromatic carbocycles. The third kappa shape index (κ3) is 3.92. The van der Waals surface area contributed by atoms with E-state index in [0.29, 0.717) is 14.7 Å². The summed E-state index contributed by atoms with van der Waals surface area (Å²) in [5, 5.41) is 5.05. The molecule has 0 spiro atoms. The molecule has 0 saturated carbocycles. The second-order valence-corrected chi connectivity index (χ2v) is 7.23. The van der Waals surface area contributed by atoms with E-state index in [1.54, 1.807) is 17.6 Å². The Hall–Kier alpha value is -2.58. The molecule has 2 heterocycles. The smallest absolute Gasteiger partial charge is 0.290 e. The maximum absolute atomic E-state index is 13.2. The molecular formula is C17H14FN3O2S2. The van der Waals surface area contributed by atoms with Gasteiger partial charge in [0.2, 0.25) is 0 Å². The summed E-state index contributed by atoms with van der Waals surface area (Å²) in [7, 11) is 1.81. The minimum absolute atomic E-state index is 0.217. The van der Waals surface area contributed by atoms with Crippen molar-refractivity contribution in [2.24, 2.45) is 12.0 Å². The molecule has 0 aliphatic rings. The maximum atomic E-state index is 13.2. The van der Waals surface area contributed by atoms with E-state index in [2.05, 4.69) is 10.3 Å². The van der Waals surface area contributed by atoms with Crippen LogP contribution in [0.3, 0.4) is 0 Å². The topological polar surface area (TPSA) is 63.5 Å². The predicted molar refractivity (Wildman–Crippen MR) is 96.6 cm³/mol. The SMILES string of the molecule is Cc1cc(NC(=O)c2cccc(F)c2)sc1C(=O)N=c1sccn1C. The molecule has 128 valence electrons. The number of hydrogen-bond donors (Lipinski definition) is 1. The van der Waals surface area contributed by atoms with Crippen molar-refractivity contribution in [3.63, 3.8) is 0 Å². The van der Waals surface area contributed by atoms with E-state index in [1.165, 1.54) is 29.5 Å². The van der Waals surface area contributed by atoms with Gasteiger partial charge in [-0.3, -0.25) is 9.59 Å². The number of carbonyl (C=O) groups is 2. The van der Waals surface area contributed by atoms with E-state index in [0.717, 1.165) is 23.0 Å². The second kappa shape index (κ2) is 7.12. The number of amides is 2. The molecule has 0 bridgehead atoms. The molecule has 0 atom stereocenters. The lowest BCUT2D eigenvalue weighted by molar-refractivity contribution is 0.0998. The van der Waals surface area contributed by atoms with Gasteiger partial charge in [0.15, 0.2) is 4.80 Å². The summed E-state index contributed by atoms with van der Waals surface area (Å²) >= 11 is 2.52. The Kier molecular flexibility index (Phi) is 4.91. The predicted octanol–water partition coefficient (Wildman–Crippen LogP) is 3.59. The van der Waals surface area contributed by atoms with Crippen LogP contribution in [0.15, 0.2) is 46.9 Å². The lowest BCUT2D eigenvalue weighted by Crippen LogP contribution is -2.12. The summed E-state index contributed by atoms with van der Waals surface area (Å²) < 4.78 is 15.0. The Morgan fingerprint density at radius 1 is 1.28 bits per heavy atom. The number of aryl methyl sites for hydroxylation is 2. The van der Waals surface area contributed by atoms with Gasteiger partial charge < -0.3 is 9.88 Å². The molecule has 0 unspecified atom stereocenters. The van der Waals surface area contributed by atoms with E-state index < -0.39 is 11.7 Å². The van der Waals surface area contributed by atoms with Crippen LogP contribution in [0.1, 0.15) is 25.6 Å². The quantitative estimate of drug-likeness (QED) is 0.760. The fraction of sp³-hybridized carbons (Fsp3) is 0.118. The first-order valence-electron chi connectivity index (χ1n) is 7.30. The minimum Gasteiger partial charge on any atom is -0.327 e. The van der Waals surface area contributed by atoms with Gasteiger partial charge in [-0.15, -0.1) is 22.7 Å². The normalized spacial score (nSPS) is 11.6. The Balaban J connectivity index is 1.82. The van der Waals surface area contributed by atoms with E-state index in [1.807, 2.05) is 18.6 Å². The Morgan fingerprint density at radius 3 is 2.76 bits per heavy atom. The van der Waals surface area contributed by atoms with Gasteiger partial charge in [0.25, 0.3) is 11.8 Å². The van der Waals surface area contributed by atoms with Crippen LogP contribution < -0.4 is 10.1 Å². The summed E-state index contributed by atoms with van der Waals surface area (Å²) in [6.45, 7) is 1.78. The van der Waals surface area contributed by atoms with Crippen molar-refractivity contribution in [3.05, 3.63) is 68.5 Å². The number of rotatable bonds is 3. The number of thiophene rings is 1. The summed E-state index contributed by atoms with van der Waals surface area (Å²) in [5.41, 5.74) is 0.946. The number of nitrogens with zero attached hydrogens (tertiary/aromatic N) is 2. The number of hydrogen-bond acceptors (Lipinski definition) is 4. The molecule has 3 aromatic rings. The molecule has 1 N–H and O–H groups in total. The lowest BCUT2D eigenvalue weighted by Gasteiger charge is -2.02. The zero-order chi connectivity index (χ0) is 18.0. The van der Waals surface area contributed by atoms with Crippen LogP contribution in [0, 0.1) is 12.7 Å². The number of anilines is 1. The molecule has 8 heteroatoms. The van der Waals surface area contributed by atoms with Crippen LogP contribution in [-0.2, 0) is 7.05 Å². The molecule has 3 rings (SSSR count). The van der Waals surface area contributed by atoms with Gasteiger partial charge in [-0.25, -0.2) is 4.39 Å². The minimum atomic E-state index is -0.478. The van der Waals surface area contributed by atoms with Gasteiger partial charge in [0, 0.05) is 24.2 Å². The molecule has 0 saturated heterocycles. The molecular weight excluding hydrogens is 361 g/mol. The second-order valence-electron chi connectivity index (χ2n) is 5.30. The van der Waals surface area contributed by atoms with Crippen LogP contribution in [0.4, 0.5) is 9.39 Å². The van der Waals surface area contributed by atoms with Crippen LogP contribution in [-0.4, -0.2) is 16.4 Å². The fourth-order valence-electron chi connectivity index (χ4n) is 2.14. The molecule has 5 nitrogen and oxygen atoms in total. The summed E-state index contributed by atoms with van der Waals surface area (Å²) in [5.74, 6) is -1.26. The van der Waals surface area contributed by atoms with Gasteiger partial charge >= 0.3 is 0 Å². The highest BCUT2D eigenvalue weighted by molar-refractivity contribution is 7.18. The average Bonchev–Trinajstić information content (AvgIpc) is 3.13. The highest BCUT2D eigenvalue weighted by Gasteiger charge is 2.15. The van der Waals surface area contributed by atoms with Gasteiger partial charge in [-0.05, 0) is 36.8 Å². The van der Waals surface area contributed by atoms with Crippen molar-refractivity contribution in [2.45, 2.75) is 6.92 Å². The average molecular weight is 375 g/mol. The molecule has 0 fully saturated rings. The Morgan fingerprint density at radius 2 is 2.08 bits per heavy atom. The standard InChI is InChI=1S/C17H14FN3O2S2/c1-10-8-13(19-15(22)11-4-3-5-12(18)9-11)25-14(10)16(23)20-17-21(2)6-7-24-17/h3-9H,1-2H3,(H,19,22). The molecule has 25 heavy (non-hydrogen) atoms. The van der Waals surface area contributed by atoms with Gasteiger partial charge in [-0.2, -0.15) is 4.99 Å². The first-order chi connectivity index (χ1) is 11.9. The van der Waals surface area contributed by atoms with Gasteiger partial charge in [0.05, 0.1) is 9.88 Å². The Bertz CT molecular complexity index is 1020. The van der Waals surface area contributed by atoms with Crippen LogP contribution >= 0.6 is 22.7 Å². The molecule has 2 amide bonds. The number of nitrogens with one attached hydrogen (secondary N) is 1. The summed E-state index contributed by atoms with van der Waals surface area (Å²) in [4.78, 5) is 29.7. The molecule has 2 aromatic heterocycles. The van der Waals surface area contributed by atoms with Gasteiger partial charge in [-0.1, -0.05) is 6.07 Å². The van der Waals surface area contributed by atoms with E-state index in [-0.39, 0.29) is 11.5 Å². The fourth-order valence-corrected chi connectivity index (χ4v) is 3.82. The number of halogens is 1. The molecule has 0 radical (unpaired) electrons. The van der Waals surface area contributed by atoms with Crippen LogP contribution in [0.25, 0.3) is 0 Å². The van der Waals surface area contributed by atoms with Crippen molar-refractivity contribution in [3.8, 4) is 0 Å². The number of thiazole rings is 1. The summed E-state index contributed by atoms with van der Waals surface area (Å²) in [6.07, 6.45) is 1.82. The van der Waals surface area contributed by atoms with E-state index in [4.69, 9.17) is 0 Å². The zero-order valence-electron chi connectivity index (χ0n) is 13.4. The highest BCUT2D eigenvalue weighted by atomic mass is 32.1. The molecule has 0 aliphatic carbocycles. The zero-order valence-corrected chi connectivity index (χ0v) is 15.1. The van der Waals surface area contributed by atoms with Crippen LogP contribution in [0.5, 0.6) is 0 Å². The van der Waals surface area contributed by atoms with Crippen molar-refractivity contribution >= 4 is 39.5 Å². The van der Waals surface area contributed by atoms with E-state index >= 15 is 0 Å². The van der Waals surface area contributed by atoms with E-state index in [9.17, 15) is 14.0 Å². The first-order valence-corrected chi connectivity index (χ1v) is 9.00. The maximum Gasteiger partial charge on any atom is 0.290 e. The number of carbonyl (C=O) groups excluding carboxylic acids is 2. The highest BCUT2D eigenvalue weighted by Crippen LogP contribution is 2.27. The van der Waals surface area contributed by atoms with Crippen molar-refractivity contribution in [1.82, 2.24) is 4.57 Å². The van der Waals surface area contributed by atoms with Crippen molar-refractivity contribution in [1.29, 1.82) is 0 Å². The van der Waals surface area contributed by atoms with Crippen LogP contribution in [0.2, 0.25) is 0 Å². The third-order valence-electron chi connectivity index (χ3n) is 3.39. The van der Waals surface area contributed by atoms with Crippen molar-refractivity contribution < 1.29 is 14.0 Å². The van der Waals surface area contributed by atoms with Crippen molar-refractivity contribution in [2.75, 3.05) is 5.32 Å². The largest absolute Gasteiger partial charge is 0.327 e. The van der Waals surface area contributed by atoms with Gasteiger partial charge in [0.1, 0.15) is 5.82 Å². The number of aromatic nitrogens is 1. The third-order valence-corrected chi connectivity index (χ3v) is 5.38. The summed E-state index contributed by atoms with van der Waals surface area (Å²) in [6, 6.07) is 7.14. The first kappa shape index (κ1) is 17.2. The Labute approximate surface area is 151 Å². The lowest BCUT2D eigenvalue weighted by atomic mass is 10.2.